The van der Waals surface area contributed by atoms with Crippen molar-refractivity contribution in [3.05, 3.63) is 70.8 Å². The minimum absolute atomic E-state index is 0.0724. The SMILES string of the molecule is CC(=O)NC(C)c1ccc(Oc2cnc(Oc3ccc(Oc4nccs4)cc3Cl)s2)cc1. The second-order valence-corrected chi connectivity index (χ2v) is 8.85. The molecule has 0 aliphatic rings. The molecule has 7 nitrogen and oxygen atoms in total. The van der Waals surface area contributed by atoms with Crippen LogP contribution < -0.4 is 19.5 Å². The fourth-order valence-electron chi connectivity index (χ4n) is 2.75. The van der Waals surface area contributed by atoms with E-state index in [-0.39, 0.29) is 11.9 Å². The molecule has 4 aromatic rings. The summed E-state index contributed by atoms with van der Waals surface area (Å²) in [6.07, 6.45) is 3.25. The van der Waals surface area contributed by atoms with Crippen LogP contribution in [0.25, 0.3) is 0 Å². The van der Waals surface area contributed by atoms with Crippen LogP contribution >= 0.6 is 34.3 Å². The number of hydrogen-bond donors (Lipinski definition) is 1. The lowest BCUT2D eigenvalue weighted by Crippen LogP contribution is -2.23. The van der Waals surface area contributed by atoms with Gasteiger partial charge in [0.15, 0.2) is 0 Å². The average Bonchev–Trinajstić information content (AvgIpc) is 3.42. The van der Waals surface area contributed by atoms with Gasteiger partial charge >= 0.3 is 0 Å². The van der Waals surface area contributed by atoms with Gasteiger partial charge in [0.2, 0.25) is 11.0 Å². The third kappa shape index (κ3) is 5.76. The van der Waals surface area contributed by atoms with E-state index < -0.39 is 0 Å². The topological polar surface area (TPSA) is 82.6 Å². The van der Waals surface area contributed by atoms with Gasteiger partial charge in [0.25, 0.3) is 10.4 Å². The molecule has 0 aliphatic heterocycles. The predicted octanol–water partition coefficient (Wildman–Crippen LogP) is 6.83. The van der Waals surface area contributed by atoms with Crippen molar-refractivity contribution < 1.29 is 19.0 Å². The Kier molecular flexibility index (Phi) is 6.89. The number of carbonyl (C=O) groups excluding carboxylic acids is 1. The second kappa shape index (κ2) is 9.99. The van der Waals surface area contributed by atoms with Crippen molar-refractivity contribution in [2.75, 3.05) is 0 Å². The first-order valence-corrected chi connectivity index (χ1v) is 11.6. The van der Waals surface area contributed by atoms with E-state index in [9.17, 15) is 4.79 Å². The Labute approximate surface area is 197 Å². The summed E-state index contributed by atoms with van der Waals surface area (Å²) in [5.74, 6) is 1.60. The minimum Gasteiger partial charge on any atom is -0.445 e. The molecule has 0 radical (unpaired) electrons. The normalized spacial score (nSPS) is 11.6. The van der Waals surface area contributed by atoms with Crippen molar-refractivity contribution in [1.82, 2.24) is 15.3 Å². The molecule has 32 heavy (non-hydrogen) atoms. The highest BCUT2D eigenvalue weighted by molar-refractivity contribution is 7.15. The fourth-order valence-corrected chi connectivity index (χ4v) is 4.12. The summed E-state index contributed by atoms with van der Waals surface area (Å²) in [5.41, 5.74) is 0.984. The molecule has 2 aromatic heterocycles. The zero-order valence-corrected chi connectivity index (χ0v) is 19.5. The van der Waals surface area contributed by atoms with Crippen LogP contribution in [0.5, 0.6) is 32.7 Å². The molecule has 0 aliphatic carbocycles. The second-order valence-electron chi connectivity index (χ2n) is 6.63. The summed E-state index contributed by atoms with van der Waals surface area (Å²) in [4.78, 5) is 19.5. The number of nitrogens with one attached hydrogen (secondary N) is 1. The monoisotopic (exact) mass is 487 g/mol. The molecule has 1 atom stereocenters. The molecule has 0 bridgehead atoms. The van der Waals surface area contributed by atoms with Crippen molar-refractivity contribution in [3.8, 4) is 32.7 Å². The number of rotatable bonds is 8. The molecule has 0 spiro atoms. The first kappa shape index (κ1) is 22.1. The van der Waals surface area contributed by atoms with Gasteiger partial charge in [0.05, 0.1) is 17.3 Å². The van der Waals surface area contributed by atoms with Gasteiger partial charge in [-0.2, -0.15) is 0 Å². The van der Waals surface area contributed by atoms with E-state index >= 15 is 0 Å². The van der Waals surface area contributed by atoms with E-state index in [0.717, 1.165) is 5.56 Å². The van der Waals surface area contributed by atoms with Crippen molar-refractivity contribution in [2.24, 2.45) is 0 Å². The molecular weight excluding hydrogens is 470 g/mol. The minimum atomic E-state index is -0.0759. The van der Waals surface area contributed by atoms with Gasteiger partial charge in [0, 0.05) is 24.6 Å². The van der Waals surface area contributed by atoms with E-state index in [1.54, 1.807) is 30.6 Å². The first-order valence-electron chi connectivity index (χ1n) is 9.52. The summed E-state index contributed by atoms with van der Waals surface area (Å²) in [7, 11) is 0. The van der Waals surface area contributed by atoms with Gasteiger partial charge in [-0.05, 0) is 48.1 Å². The standard InChI is InChI=1S/C22H18ClN3O4S2/c1-13(26-14(2)27)15-3-5-16(6-4-15)28-20-12-25-22(32-20)30-19-8-7-17(11-18(19)23)29-21-24-9-10-31-21/h3-13H,1-2H3,(H,26,27). The quantitative estimate of drug-likeness (QED) is 0.293. The number of carbonyl (C=O) groups is 1. The third-order valence-corrected chi connectivity index (χ3v) is 5.89. The molecule has 0 fully saturated rings. The van der Waals surface area contributed by atoms with Crippen LogP contribution in [0.4, 0.5) is 0 Å². The Balaban J connectivity index is 1.37. The van der Waals surface area contributed by atoms with Crippen LogP contribution in [-0.4, -0.2) is 15.9 Å². The molecule has 1 unspecified atom stereocenters. The molecule has 0 saturated heterocycles. The smallest absolute Gasteiger partial charge is 0.282 e. The molecule has 10 heteroatoms. The highest BCUT2D eigenvalue weighted by atomic mass is 35.5. The van der Waals surface area contributed by atoms with Crippen LogP contribution in [0.1, 0.15) is 25.5 Å². The molecule has 164 valence electrons. The first-order chi connectivity index (χ1) is 15.5. The fraction of sp³-hybridized carbons (Fsp3) is 0.136. The average molecular weight is 488 g/mol. The number of amides is 1. The molecular formula is C22H18ClN3O4S2. The number of aromatic nitrogens is 2. The molecule has 1 N–H and O–H groups in total. The van der Waals surface area contributed by atoms with Gasteiger partial charge in [-0.3, -0.25) is 4.79 Å². The molecule has 0 saturated carbocycles. The van der Waals surface area contributed by atoms with Crippen LogP contribution in [-0.2, 0) is 4.79 Å². The summed E-state index contributed by atoms with van der Waals surface area (Å²) in [6, 6.07) is 12.5. The number of nitrogens with zero attached hydrogens (tertiary/aromatic N) is 2. The van der Waals surface area contributed by atoms with Crippen LogP contribution in [0, 0.1) is 0 Å². The Bertz CT molecular complexity index is 1200. The lowest BCUT2D eigenvalue weighted by Gasteiger charge is -2.13. The maximum absolute atomic E-state index is 11.2. The number of halogens is 1. The van der Waals surface area contributed by atoms with Crippen LogP contribution in [0.2, 0.25) is 5.02 Å². The highest BCUT2D eigenvalue weighted by Crippen LogP contribution is 2.38. The van der Waals surface area contributed by atoms with Crippen molar-refractivity contribution in [1.29, 1.82) is 0 Å². The lowest BCUT2D eigenvalue weighted by molar-refractivity contribution is -0.119. The highest BCUT2D eigenvalue weighted by Gasteiger charge is 2.12. The summed E-state index contributed by atoms with van der Waals surface area (Å²) in [5, 5.41) is 6.57. The van der Waals surface area contributed by atoms with Crippen LogP contribution in [0.15, 0.2) is 60.2 Å². The molecule has 2 aromatic carbocycles. The molecule has 4 rings (SSSR count). The number of thiazole rings is 2. The summed E-state index contributed by atoms with van der Waals surface area (Å²) >= 11 is 8.96. The Hall–Kier alpha value is -3.14. The van der Waals surface area contributed by atoms with E-state index in [1.807, 2.05) is 36.6 Å². The van der Waals surface area contributed by atoms with E-state index in [4.69, 9.17) is 25.8 Å². The van der Waals surface area contributed by atoms with Crippen molar-refractivity contribution in [3.63, 3.8) is 0 Å². The predicted molar refractivity (Wildman–Crippen MR) is 125 cm³/mol. The van der Waals surface area contributed by atoms with Crippen molar-refractivity contribution >= 4 is 40.2 Å². The number of hydrogen-bond acceptors (Lipinski definition) is 8. The third-order valence-electron chi connectivity index (χ3n) is 4.20. The van der Waals surface area contributed by atoms with Gasteiger partial charge in [-0.15, -0.1) is 0 Å². The van der Waals surface area contributed by atoms with Crippen LogP contribution in [0.3, 0.4) is 0 Å². The molecule has 1 amide bonds. The lowest BCUT2D eigenvalue weighted by atomic mass is 10.1. The maximum Gasteiger partial charge on any atom is 0.282 e. The molecule has 2 heterocycles. The van der Waals surface area contributed by atoms with E-state index in [1.165, 1.54) is 29.6 Å². The summed E-state index contributed by atoms with van der Waals surface area (Å²) < 4.78 is 17.3. The Morgan fingerprint density at radius 2 is 1.81 bits per heavy atom. The van der Waals surface area contributed by atoms with Gasteiger partial charge in [-0.25, -0.2) is 9.97 Å². The number of ether oxygens (including phenoxy) is 3. The van der Waals surface area contributed by atoms with Gasteiger partial charge in [-0.1, -0.05) is 35.1 Å². The van der Waals surface area contributed by atoms with Crippen molar-refractivity contribution in [2.45, 2.75) is 19.9 Å². The Morgan fingerprint density at radius 1 is 1.03 bits per heavy atom. The maximum atomic E-state index is 11.2. The summed E-state index contributed by atoms with van der Waals surface area (Å²) in [6.45, 7) is 3.42. The van der Waals surface area contributed by atoms with E-state index in [0.29, 0.717) is 37.7 Å². The zero-order chi connectivity index (χ0) is 22.5. The zero-order valence-electron chi connectivity index (χ0n) is 17.1. The van der Waals surface area contributed by atoms with Gasteiger partial charge in [0.1, 0.15) is 17.2 Å². The number of benzene rings is 2. The van der Waals surface area contributed by atoms with E-state index in [2.05, 4.69) is 15.3 Å². The Morgan fingerprint density at radius 3 is 2.50 bits per heavy atom. The van der Waals surface area contributed by atoms with Gasteiger partial charge < -0.3 is 19.5 Å². The largest absolute Gasteiger partial charge is 0.445 e.